The third-order valence-corrected chi connectivity index (χ3v) is 7.55. The van der Waals surface area contributed by atoms with Gasteiger partial charge in [-0.15, -0.1) is 11.3 Å². The van der Waals surface area contributed by atoms with E-state index in [4.69, 9.17) is 4.74 Å². The molecule has 1 aromatic heterocycles. The molecule has 28 heavy (non-hydrogen) atoms. The predicted octanol–water partition coefficient (Wildman–Crippen LogP) is 3.65. The summed E-state index contributed by atoms with van der Waals surface area (Å²) < 4.78 is 6.36. The maximum absolute atomic E-state index is 12.9. The van der Waals surface area contributed by atoms with Crippen molar-refractivity contribution in [1.29, 1.82) is 0 Å². The molecule has 4 atom stereocenters. The van der Waals surface area contributed by atoms with Gasteiger partial charge in [-0.2, -0.15) is 0 Å². The van der Waals surface area contributed by atoms with Crippen molar-refractivity contribution < 1.29 is 14.3 Å². The Morgan fingerprint density at radius 2 is 2.14 bits per heavy atom. The van der Waals surface area contributed by atoms with E-state index in [2.05, 4.69) is 15.6 Å². The number of anilines is 1. The first-order valence-electron chi connectivity index (χ1n) is 9.80. The summed E-state index contributed by atoms with van der Waals surface area (Å²) in [5.74, 6) is 0.869. The van der Waals surface area contributed by atoms with Crippen LogP contribution in [0.3, 0.4) is 0 Å². The second kappa shape index (κ2) is 6.30. The Hall–Kier alpha value is -2.41. The fraction of sp³-hybridized carbons (Fsp3) is 0.476. The Kier molecular flexibility index (Phi) is 3.98. The Morgan fingerprint density at radius 1 is 1.32 bits per heavy atom. The molecule has 2 bridgehead atoms. The molecule has 4 aliphatic rings. The van der Waals surface area contributed by atoms with E-state index in [9.17, 15) is 9.59 Å². The van der Waals surface area contributed by atoms with Gasteiger partial charge in [0, 0.05) is 23.1 Å². The van der Waals surface area contributed by atoms with E-state index in [1.54, 1.807) is 6.07 Å². The molecule has 1 spiro atoms. The number of aryl methyl sites for hydroxylation is 2. The normalized spacial score (nSPS) is 30.5. The number of nitrogens with zero attached hydrogens (tertiary/aromatic N) is 1. The zero-order valence-corrected chi connectivity index (χ0v) is 16.8. The lowest BCUT2D eigenvalue weighted by Gasteiger charge is -2.55. The maximum atomic E-state index is 12.9. The molecule has 3 aliphatic carbocycles. The summed E-state index contributed by atoms with van der Waals surface area (Å²) in [6.07, 6.45) is 3.35. The number of thiazole rings is 1. The molecule has 0 saturated heterocycles. The molecule has 2 heterocycles. The van der Waals surface area contributed by atoms with Gasteiger partial charge >= 0.3 is 0 Å². The summed E-state index contributed by atoms with van der Waals surface area (Å²) in [6.45, 7) is 3.96. The molecule has 6 rings (SSSR count). The lowest BCUT2D eigenvalue weighted by molar-refractivity contribution is -0.142. The van der Waals surface area contributed by atoms with Gasteiger partial charge in [-0.3, -0.25) is 9.59 Å². The summed E-state index contributed by atoms with van der Waals surface area (Å²) in [7, 11) is 0. The summed E-state index contributed by atoms with van der Waals surface area (Å²) in [6, 6.07) is 7.37. The minimum absolute atomic E-state index is 0.0424. The van der Waals surface area contributed by atoms with Gasteiger partial charge in [0.15, 0.2) is 10.9 Å². The predicted molar refractivity (Wildman–Crippen MR) is 106 cm³/mol. The van der Waals surface area contributed by atoms with Gasteiger partial charge in [-0.05, 0) is 51.2 Å². The van der Waals surface area contributed by atoms with E-state index in [0.717, 1.165) is 29.8 Å². The monoisotopic (exact) mass is 397 g/mol. The molecule has 6 nitrogen and oxygen atoms in total. The van der Waals surface area contributed by atoms with E-state index in [1.165, 1.54) is 11.3 Å². The maximum Gasteiger partial charge on any atom is 0.258 e. The van der Waals surface area contributed by atoms with Crippen LogP contribution in [0.1, 0.15) is 46.6 Å². The van der Waals surface area contributed by atoms with Crippen molar-refractivity contribution in [3.63, 3.8) is 0 Å². The fourth-order valence-corrected chi connectivity index (χ4v) is 5.82. The Balaban J connectivity index is 1.35. The number of hydrogen-bond donors (Lipinski definition) is 2. The van der Waals surface area contributed by atoms with Crippen LogP contribution in [0.25, 0.3) is 0 Å². The first kappa shape index (κ1) is 17.7. The van der Waals surface area contributed by atoms with Gasteiger partial charge < -0.3 is 15.4 Å². The number of aromatic nitrogens is 1. The Morgan fingerprint density at radius 3 is 2.86 bits per heavy atom. The van der Waals surface area contributed by atoms with Gasteiger partial charge in [0.2, 0.25) is 5.91 Å². The quantitative estimate of drug-likeness (QED) is 0.811. The number of rotatable bonds is 2. The highest BCUT2D eigenvalue weighted by atomic mass is 32.1. The first-order chi connectivity index (χ1) is 13.4. The van der Waals surface area contributed by atoms with Crippen LogP contribution in [0.15, 0.2) is 24.3 Å². The fourth-order valence-electron chi connectivity index (χ4n) is 5.01. The lowest BCUT2D eigenvalue weighted by Crippen LogP contribution is -2.66. The minimum atomic E-state index is -0.681. The molecule has 2 aromatic rings. The average Bonchev–Trinajstić information content (AvgIpc) is 2.99. The molecule has 3 saturated carbocycles. The van der Waals surface area contributed by atoms with E-state index in [-0.39, 0.29) is 29.6 Å². The van der Waals surface area contributed by atoms with Crippen molar-refractivity contribution in [3.8, 4) is 5.75 Å². The number of nitrogens with one attached hydrogen (secondary N) is 2. The third-order valence-electron chi connectivity index (χ3n) is 6.56. The van der Waals surface area contributed by atoms with Crippen LogP contribution in [-0.4, -0.2) is 22.5 Å². The summed E-state index contributed by atoms with van der Waals surface area (Å²) in [4.78, 5) is 31.1. The van der Waals surface area contributed by atoms with Crippen LogP contribution >= 0.6 is 11.3 Å². The van der Waals surface area contributed by atoms with Crippen molar-refractivity contribution in [2.24, 2.45) is 17.8 Å². The molecule has 1 aliphatic heterocycles. The molecule has 0 radical (unpaired) electrons. The molecule has 0 unspecified atom stereocenters. The first-order valence-corrected chi connectivity index (χ1v) is 10.6. The second-order valence-corrected chi connectivity index (χ2v) is 9.38. The Bertz CT molecular complexity index is 952. The van der Waals surface area contributed by atoms with Gasteiger partial charge in [0.05, 0.1) is 11.3 Å². The van der Waals surface area contributed by atoms with Gasteiger partial charge in [0.25, 0.3) is 5.91 Å². The number of carbonyl (C=O) groups excluding carboxylic acids is 2. The van der Waals surface area contributed by atoms with Gasteiger partial charge in [0.1, 0.15) is 5.75 Å². The van der Waals surface area contributed by atoms with Crippen molar-refractivity contribution >= 4 is 28.3 Å². The number of hydrogen-bond acceptors (Lipinski definition) is 5. The summed E-state index contributed by atoms with van der Waals surface area (Å²) in [5.41, 5.74) is 0.860. The highest BCUT2D eigenvalue weighted by Gasteiger charge is 2.57. The van der Waals surface area contributed by atoms with Crippen LogP contribution in [0.5, 0.6) is 5.75 Å². The standard InChI is InChI=1S/C21H23N3O3S/c1-11-12(2)28-20(22-11)23-18(25)16-9-14-8-7-13(16)10-21(14)24-19(26)15-5-3-4-6-17(15)27-21/h3-6,13-14,16H,7-10H2,1-2H3,(H,24,26)(H,22,23,25)/t13-,14+,16+,21+/m0/s1. The molecule has 1 aromatic carbocycles. The largest absolute Gasteiger partial charge is 0.467 e. The molecule has 146 valence electrons. The number of ether oxygens (including phenoxy) is 1. The van der Waals surface area contributed by atoms with Gasteiger partial charge in [-0.25, -0.2) is 4.98 Å². The van der Waals surface area contributed by atoms with Crippen LogP contribution in [0.2, 0.25) is 0 Å². The third kappa shape index (κ3) is 2.71. The van der Waals surface area contributed by atoms with Crippen LogP contribution < -0.4 is 15.4 Å². The number of para-hydroxylation sites is 1. The highest BCUT2D eigenvalue weighted by molar-refractivity contribution is 7.15. The van der Waals surface area contributed by atoms with Crippen molar-refractivity contribution in [1.82, 2.24) is 10.3 Å². The molecule has 2 N–H and O–H groups in total. The zero-order valence-electron chi connectivity index (χ0n) is 16.0. The SMILES string of the molecule is Cc1nc(NC(=O)[C@@H]2C[C@H]3CC[C@H]2C[C@]32NC(=O)c3ccccc3O2)sc1C. The van der Waals surface area contributed by atoms with E-state index >= 15 is 0 Å². The van der Waals surface area contributed by atoms with Gasteiger partial charge in [-0.1, -0.05) is 12.1 Å². The lowest BCUT2D eigenvalue weighted by atomic mass is 9.60. The molecular formula is C21H23N3O3S. The van der Waals surface area contributed by atoms with Crippen molar-refractivity contribution in [2.75, 3.05) is 5.32 Å². The molecule has 2 amide bonds. The highest BCUT2D eigenvalue weighted by Crippen LogP contribution is 2.52. The summed E-state index contributed by atoms with van der Waals surface area (Å²) in [5, 5.41) is 6.82. The van der Waals surface area contributed by atoms with Crippen LogP contribution in [-0.2, 0) is 4.79 Å². The number of benzene rings is 1. The van der Waals surface area contributed by atoms with Crippen LogP contribution in [0, 0.1) is 31.6 Å². The van der Waals surface area contributed by atoms with E-state index < -0.39 is 5.72 Å². The molecular weight excluding hydrogens is 374 g/mol. The molecule has 3 fully saturated rings. The summed E-state index contributed by atoms with van der Waals surface area (Å²) >= 11 is 1.52. The second-order valence-electron chi connectivity index (χ2n) is 8.17. The average molecular weight is 398 g/mol. The Labute approximate surface area is 167 Å². The molecule has 7 heteroatoms. The smallest absolute Gasteiger partial charge is 0.258 e. The van der Waals surface area contributed by atoms with E-state index in [0.29, 0.717) is 22.9 Å². The number of amides is 2. The number of carbonyl (C=O) groups is 2. The topological polar surface area (TPSA) is 80.3 Å². The van der Waals surface area contributed by atoms with Crippen LogP contribution in [0.4, 0.5) is 5.13 Å². The zero-order chi connectivity index (χ0) is 19.5. The van der Waals surface area contributed by atoms with E-state index in [1.807, 2.05) is 32.0 Å². The van der Waals surface area contributed by atoms with Crippen molar-refractivity contribution in [2.45, 2.75) is 45.3 Å². The minimum Gasteiger partial charge on any atom is -0.467 e. The van der Waals surface area contributed by atoms with Crippen molar-refractivity contribution in [3.05, 3.63) is 40.4 Å². The number of fused-ring (bicyclic) bond motifs is 3.